The predicted molar refractivity (Wildman–Crippen MR) is 454 cm³/mol. The number of aliphatic hydroxyl groups excluding tert-OH is 2. The van der Waals surface area contributed by atoms with Gasteiger partial charge in [0.1, 0.15) is 25.4 Å². The highest BCUT2D eigenvalue weighted by molar-refractivity contribution is 7.47. The third kappa shape index (κ3) is 83.4. The lowest BCUT2D eigenvalue weighted by Gasteiger charge is -2.21. The summed E-state index contributed by atoms with van der Waals surface area (Å²) in [5.74, 6) is -1.63. The summed E-state index contributed by atoms with van der Waals surface area (Å²) in [6.45, 7) is 2.37. The maximum atomic E-state index is 13.0. The van der Waals surface area contributed by atoms with Gasteiger partial charge >= 0.3 is 33.6 Å². The number of rotatable bonds is 78. The molecular weight excluding hydrogens is 1410 g/mol. The van der Waals surface area contributed by atoms with Gasteiger partial charge in [-0.05, 0) is 161 Å². The quantitative estimate of drug-likeness (QED) is 0.0146. The highest BCUT2D eigenvalue weighted by Crippen LogP contribution is 2.45. The minimum atomic E-state index is -4.96. The van der Waals surface area contributed by atoms with Crippen molar-refractivity contribution in [3.05, 3.63) is 182 Å². The Bertz CT molecular complexity index is 2710. The van der Waals surface area contributed by atoms with Gasteiger partial charge in [0, 0.05) is 19.3 Å². The van der Waals surface area contributed by atoms with Crippen LogP contribution in [0, 0.1) is 0 Å². The topological polar surface area (TPSA) is 231 Å². The fourth-order valence-electron chi connectivity index (χ4n) is 10.8. The van der Waals surface area contributed by atoms with Crippen LogP contribution in [0.5, 0.6) is 0 Å². The SMILES string of the molecule is CC/C=C\C/C=C\C/C=C\C/C=C\C/C=C\C/C=C\CCCCCCC(=O)OCC(COP(=O)(O)OCC(O)COP(=O)(O)OCC(O)COC(=O)CCCCCCCCCCCCCCC/C=C\C/C=C\C/C=C\C/C=C\C/C=C\CC)OC(=O)CCCCCCC/C=C\C/C=C\C/C=C\C/C=C\CCCCC. The van der Waals surface area contributed by atoms with E-state index >= 15 is 0 Å². The molecule has 18 heteroatoms. The Morgan fingerprint density at radius 3 is 0.771 bits per heavy atom. The van der Waals surface area contributed by atoms with Crippen molar-refractivity contribution in [2.45, 2.75) is 334 Å². The van der Waals surface area contributed by atoms with Gasteiger partial charge in [-0.1, -0.05) is 319 Å². The van der Waals surface area contributed by atoms with Crippen LogP contribution in [0.2, 0.25) is 0 Å². The van der Waals surface area contributed by atoms with Crippen LogP contribution in [0.1, 0.15) is 316 Å². The molecule has 0 bridgehead atoms. The fourth-order valence-corrected chi connectivity index (χ4v) is 12.3. The lowest BCUT2D eigenvalue weighted by atomic mass is 10.0. The summed E-state index contributed by atoms with van der Waals surface area (Å²) < 4.78 is 61.3. The van der Waals surface area contributed by atoms with E-state index in [9.17, 15) is 43.5 Å². The Balaban J connectivity index is 4.67. The Hall–Kier alpha value is -5.35. The number of hydrogen-bond acceptors (Lipinski definition) is 14. The van der Waals surface area contributed by atoms with Crippen LogP contribution < -0.4 is 0 Å². The van der Waals surface area contributed by atoms with Crippen molar-refractivity contribution >= 4 is 33.6 Å². The summed E-state index contributed by atoms with van der Waals surface area (Å²) in [6, 6.07) is 0. The highest BCUT2D eigenvalue weighted by Gasteiger charge is 2.29. The van der Waals surface area contributed by atoms with Crippen LogP contribution in [-0.4, -0.2) is 95.9 Å². The molecule has 0 amide bonds. The van der Waals surface area contributed by atoms with Crippen LogP contribution in [0.4, 0.5) is 0 Å². The van der Waals surface area contributed by atoms with E-state index in [2.05, 4.69) is 203 Å². The van der Waals surface area contributed by atoms with E-state index in [0.29, 0.717) is 19.3 Å². The molecule has 0 saturated carbocycles. The normalized spacial score (nSPS) is 14.8. The molecule has 0 aromatic heterocycles. The van der Waals surface area contributed by atoms with E-state index in [0.717, 1.165) is 180 Å². The van der Waals surface area contributed by atoms with Crippen molar-refractivity contribution in [3.8, 4) is 0 Å². The summed E-state index contributed by atoms with van der Waals surface area (Å²) in [4.78, 5) is 58.8. The molecule has 0 radical (unpaired) electrons. The summed E-state index contributed by atoms with van der Waals surface area (Å²) in [7, 11) is -9.83. The van der Waals surface area contributed by atoms with Crippen molar-refractivity contribution in [1.29, 1.82) is 0 Å². The van der Waals surface area contributed by atoms with E-state index in [1.54, 1.807) is 0 Å². The van der Waals surface area contributed by atoms with Crippen molar-refractivity contribution in [1.82, 2.24) is 0 Å². The molecule has 109 heavy (non-hydrogen) atoms. The lowest BCUT2D eigenvalue weighted by molar-refractivity contribution is -0.161. The Kier molecular flexibility index (Phi) is 78.1. The number of phosphoric acid groups is 2. The second kappa shape index (κ2) is 82.1. The predicted octanol–water partition coefficient (Wildman–Crippen LogP) is 25.3. The molecule has 0 aliphatic carbocycles. The van der Waals surface area contributed by atoms with Crippen LogP contribution in [0.15, 0.2) is 182 Å². The number of carbonyl (C=O) groups excluding carboxylic acids is 3. The van der Waals surface area contributed by atoms with Gasteiger partial charge in [0.05, 0.1) is 26.4 Å². The van der Waals surface area contributed by atoms with Gasteiger partial charge in [0.15, 0.2) is 6.10 Å². The highest BCUT2D eigenvalue weighted by atomic mass is 31.2. The maximum Gasteiger partial charge on any atom is 0.472 e. The zero-order valence-electron chi connectivity index (χ0n) is 67.9. The molecule has 0 heterocycles. The molecule has 5 atom stereocenters. The summed E-state index contributed by atoms with van der Waals surface area (Å²) in [5, 5.41) is 20.7. The van der Waals surface area contributed by atoms with Crippen molar-refractivity contribution in [2.75, 3.05) is 39.6 Å². The summed E-state index contributed by atoms with van der Waals surface area (Å²) in [5.41, 5.74) is 0. The Morgan fingerprint density at radius 2 is 0.486 bits per heavy atom. The number of phosphoric ester groups is 2. The molecule has 5 unspecified atom stereocenters. The average Bonchev–Trinajstić information content (AvgIpc) is 0.904. The molecule has 0 rings (SSSR count). The first-order valence-electron chi connectivity index (χ1n) is 42.1. The largest absolute Gasteiger partial charge is 0.472 e. The third-order valence-corrected chi connectivity index (χ3v) is 19.0. The molecular formula is C91H150O16P2. The van der Waals surface area contributed by atoms with Gasteiger partial charge in [0.2, 0.25) is 0 Å². The van der Waals surface area contributed by atoms with Crippen molar-refractivity contribution < 1.29 is 75.8 Å². The van der Waals surface area contributed by atoms with E-state index in [-0.39, 0.29) is 19.3 Å². The molecule has 0 aliphatic rings. The molecule has 620 valence electrons. The molecule has 0 saturated heterocycles. The Morgan fingerprint density at radius 1 is 0.266 bits per heavy atom. The minimum Gasteiger partial charge on any atom is -0.463 e. The van der Waals surface area contributed by atoms with E-state index in [1.165, 1.54) is 77.0 Å². The van der Waals surface area contributed by atoms with Gasteiger partial charge in [-0.2, -0.15) is 0 Å². The molecule has 0 spiro atoms. The molecule has 16 nitrogen and oxygen atoms in total. The molecule has 0 aromatic rings. The zero-order valence-corrected chi connectivity index (χ0v) is 69.7. The monoisotopic (exact) mass is 1560 g/mol. The summed E-state index contributed by atoms with van der Waals surface area (Å²) >= 11 is 0. The van der Waals surface area contributed by atoms with Crippen LogP contribution in [0.25, 0.3) is 0 Å². The summed E-state index contributed by atoms with van der Waals surface area (Å²) in [6.07, 6.45) is 106. The van der Waals surface area contributed by atoms with Gasteiger partial charge in [0.25, 0.3) is 0 Å². The van der Waals surface area contributed by atoms with E-state index < -0.39 is 91.5 Å². The van der Waals surface area contributed by atoms with Gasteiger partial charge < -0.3 is 34.2 Å². The van der Waals surface area contributed by atoms with Crippen LogP contribution in [-0.2, 0) is 55.8 Å². The number of unbranched alkanes of at least 4 members (excludes halogenated alkanes) is 25. The molecule has 0 aromatic carbocycles. The standard InChI is InChI=1S/C91H150O16P2/c1-4-7-10-13-16-19-22-25-28-31-34-37-39-40-41-42-43-44-46-49-50-53-56-59-62-65-68-71-74-77-89(94)101-80-86(92)81-103-108(97,98)104-82-87(93)83-105-109(99,100)106-85-88(107-91(96)79-76-73-70-67-64-61-58-55-52-47-36-33-30-27-24-21-18-15-12-9-6-3)84-102-90(95)78-75-72-69-66-63-60-57-54-51-48-45-38-35-32-29-26-23-20-17-14-11-8-5-2/h7-8,10-11,16-21,25-30,34-38,40-41,47-48,51,55,57-58,60,86-88,92-93H,4-6,9,12-15,22-24,31-33,39,42-46,49-50,52-54,56,59,61-85H2,1-3H3,(H,97,98)(H,99,100)/b10-7-,11-8-,19-16-,20-17-,21-18-,28-25-,29-26-,30-27-,37-34-,38-35-,41-40-,47-36-,51-48-,58-55-,60-57-. The Labute approximate surface area is 662 Å². The smallest absolute Gasteiger partial charge is 0.463 e. The molecule has 4 N–H and O–H groups in total. The second-order valence-electron chi connectivity index (χ2n) is 27.5. The first-order chi connectivity index (χ1) is 53.2. The lowest BCUT2D eigenvalue weighted by Crippen LogP contribution is -2.30. The van der Waals surface area contributed by atoms with E-state index in [1.807, 2.05) is 0 Å². The molecule has 0 aliphatic heterocycles. The van der Waals surface area contributed by atoms with Gasteiger partial charge in [-0.25, -0.2) is 9.13 Å². The number of aliphatic hydroxyl groups is 2. The van der Waals surface area contributed by atoms with Crippen LogP contribution in [0.3, 0.4) is 0 Å². The fraction of sp³-hybridized carbons (Fsp3) is 0.637. The second-order valence-corrected chi connectivity index (χ2v) is 30.4. The number of allylic oxidation sites excluding steroid dienone is 30. The maximum absolute atomic E-state index is 13.0. The van der Waals surface area contributed by atoms with E-state index in [4.69, 9.17) is 32.3 Å². The molecule has 0 fully saturated rings. The number of esters is 3. The first-order valence-corrected chi connectivity index (χ1v) is 45.1. The minimum absolute atomic E-state index is 0.0707. The number of ether oxygens (including phenoxy) is 3. The van der Waals surface area contributed by atoms with Gasteiger partial charge in [-0.15, -0.1) is 0 Å². The number of carbonyl (C=O) groups is 3. The zero-order chi connectivity index (χ0) is 79.4. The van der Waals surface area contributed by atoms with Crippen molar-refractivity contribution in [2.24, 2.45) is 0 Å². The van der Waals surface area contributed by atoms with Gasteiger partial charge in [-0.3, -0.25) is 32.5 Å². The third-order valence-electron chi connectivity index (χ3n) is 17.1. The number of hydrogen-bond donors (Lipinski definition) is 4. The van der Waals surface area contributed by atoms with Crippen molar-refractivity contribution in [3.63, 3.8) is 0 Å². The average molecular weight is 1560 g/mol. The van der Waals surface area contributed by atoms with Crippen LogP contribution >= 0.6 is 15.6 Å². The first kappa shape index (κ1) is 104.